The van der Waals surface area contributed by atoms with Crippen molar-refractivity contribution in [2.75, 3.05) is 6.61 Å². The summed E-state index contributed by atoms with van der Waals surface area (Å²) in [5.41, 5.74) is 1.48. The van der Waals surface area contributed by atoms with Gasteiger partial charge in [-0.2, -0.15) is 0 Å². The van der Waals surface area contributed by atoms with Crippen molar-refractivity contribution in [1.29, 1.82) is 0 Å². The number of esters is 1. The lowest BCUT2D eigenvalue weighted by atomic mass is 10.0. The van der Waals surface area contributed by atoms with Gasteiger partial charge in [-0.05, 0) is 36.2 Å². The van der Waals surface area contributed by atoms with Crippen LogP contribution in [0.2, 0.25) is 0 Å². The zero-order chi connectivity index (χ0) is 25.8. The molecular formula is C31H44O5. The molecule has 0 aliphatic heterocycles. The second kappa shape index (κ2) is 18.4. The fraction of sp³-hybridized carbons (Fsp3) is 0.548. The van der Waals surface area contributed by atoms with Crippen LogP contribution in [0, 0.1) is 0 Å². The van der Waals surface area contributed by atoms with Crippen LogP contribution >= 0.6 is 0 Å². The first kappa shape index (κ1) is 29.4. The van der Waals surface area contributed by atoms with E-state index >= 15 is 0 Å². The summed E-state index contributed by atoms with van der Waals surface area (Å²) in [6, 6.07) is 11.7. The number of benzene rings is 2. The van der Waals surface area contributed by atoms with Gasteiger partial charge in [0.05, 0.1) is 17.7 Å². The van der Waals surface area contributed by atoms with Crippen molar-refractivity contribution < 1.29 is 24.2 Å². The first-order valence-corrected chi connectivity index (χ1v) is 13.8. The Morgan fingerprint density at radius 2 is 1.33 bits per heavy atom. The van der Waals surface area contributed by atoms with Crippen molar-refractivity contribution in [3.8, 4) is 11.5 Å². The van der Waals surface area contributed by atoms with E-state index in [-0.39, 0.29) is 23.9 Å². The predicted octanol–water partition coefficient (Wildman–Crippen LogP) is 8.42. The molecule has 2 aromatic carbocycles. The summed E-state index contributed by atoms with van der Waals surface area (Å²) >= 11 is 0. The number of ether oxygens (including phenoxy) is 2. The minimum absolute atomic E-state index is 0.112. The smallest absolute Gasteiger partial charge is 0.338 e. The quantitative estimate of drug-likeness (QED) is 0.113. The van der Waals surface area contributed by atoms with E-state index in [1.807, 2.05) is 0 Å². The zero-order valence-electron chi connectivity index (χ0n) is 22.0. The van der Waals surface area contributed by atoms with E-state index in [9.17, 15) is 14.7 Å². The van der Waals surface area contributed by atoms with Crippen molar-refractivity contribution >= 4 is 12.3 Å². The molecule has 0 aliphatic carbocycles. The van der Waals surface area contributed by atoms with Crippen LogP contribution in [0.1, 0.15) is 123 Å². The van der Waals surface area contributed by atoms with Gasteiger partial charge in [-0.3, -0.25) is 4.79 Å². The third-order valence-electron chi connectivity index (χ3n) is 6.48. The van der Waals surface area contributed by atoms with Gasteiger partial charge in [-0.1, -0.05) is 109 Å². The van der Waals surface area contributed by atoms with E-state index in [0.717, 1.165) is 18.4 Å². The minimum Gasteiger partial charge on any atom is -0.507 e. The monoisotopic (exact) mass is 496 g/mol. The summed E-state index contributed by atoms with van der Waals surface area (Å²) in [5.74, 6) is -0.102. The van der Waals surface area contributed by atoms with Gasteiger partial charge in [-0.15, -0.1) is 0 Å². The average Bonchev–Trinajstić information content (AvgIpc) is 2.90. The maximum atomic E-state index is 12.3. The molecule has 0 aromatic heterocycles. The fourth-order valence-corrected chi connectivity index (χ4v) is 4.22. The average molecular weight is 497 g/mol. The van der Waals surface area contributed by atoms with Crippen LogP contribution in [-0.4, -0.2) is 24.0 Å². The first-order valence-electron chi connectivity index (χ1n) is 13.8. The largest absolute Gasteiger partial charge is 0.507 e. The molecule has 0 amide bonds. The Kier molecular flexibility index (Phi) is 15.1. The van der Waals surface area contributed by atoms with Crippen LogP contribution in [0.3, 0.4) is 0 Å². The molecule has 5 nitrogen and oxygen atoms in total. The summed E-state index contributed by atoms with van der Waals surface area (Å²) < 4.78 is 11.1. The van der Waals surface area contributed by atoms with Gasteiger partial charge < -0.3 is 14.6 Å². The molecular weight excluding hydrogens is 452 g/mol. The van der Waals surface area contributed by atoms with E-state index < -0.39 is 0 Å². The normalized spacial score (nSPS) is 10.8. The zero-order valence-corrected chi connectivity index (χ0v) is 22.0. The SMILES string of the molecule is CCCCCCCCCCCCCCCCOC(=O)c1ccc(COc2cccc(O)c2C=O)cc1. The third-order valence-corrected chi connectivity index (χ3v) is 6.48. The van der Waals surface area contributed by atoms with Crippen molar-refractivity contribution in [3.63, 3.8) is 0 Å². The van der Waals surface area contributed by atoms with E-state index in [2.05, 4.69) is 6.92 Å². The van der Waals surface area contributed by atoms with E-state index in [1.54, 1.807) is 36.4 Å². The lowest BCUT2D eigenvalue weighted by molar-refractivity contribution is 0.0497. The number of hydrogen-bond donors (Lipinski definition) is 1. The van der Waals surface area contributed by atoms with Crippen LogP contribution in [0.15, 0.2) is 42.5 Å². The molecule has 0 unspecified atom stereocenters. The molecule has 198 valence electrons. The standard InChI is InChI=1S/C31H44O5/c1-2-3-4-5-6-7-8-9-10-11-12-13-14-15-23-35-31(34)27-21-19-26(20-22-27)25-36-30-18-16-17-29(33)28(30)24-32/h16-22,24,33H,2-15,23,25H2,1H3. The molecule has 0 heterocycles. The van der Waals surface area contributed by atoms with Crippen molar-refractivity contribution in [1.82, 2.24) is 0 Å². The molecule has 0 spiro atoms. The van der Waals surface area contributed by atoms with Crippen LogP contribution in [0.4, 0.5) is 0 Å². The Bertz CT molecular complexity index is 875. The van der Waals surface area contributed by atoms with Crippen LogP contribution < -0.4 is 4.74 Å². The fourth-order valence-electron chi connectivity index (χ4n) is 4.22. The van der Waals surface area contributed by atoms with Gasteiger partial charge in [0.1, 0.15) is 18.1 Å². The van der Waals surface area contributed by atoms with Crippen LogP contribution in [0.25, 0.3) is 0 Å². The molecule has 5 heteroatoms. The number of phenolic OH excluding ortho intramolecular Hbond substituents is 1. The van der Waals surface area contributed by atoms with Gasteiger partial charge >= 0.3 is 5.97 Å². The second-order valence-corrected chi connectivity index (χ2v) is 9.52. The molecule has 0 fully saturated rings. The molecule has 36 heavy (non-hydrogen) atoms. The van der Waals surface area contributed by atoms with E-state index in [1.165, 1.54) is 83.1 Å². The Hall–Kier alpha value is -2.82. The highest BCUT2D eigenvalue weighted by atomic mass is 16.5. The van der Waals surface area contributed by atoms with Gasteiger partial charge in [0.2, 0.25) is 0 Å². The number of rotatable bonds is 20. The highest BCUT2D eigenvalue weighted by Gasteiger charge is 2.10. The molecule has 0 saturated carbocycles. The topological polar surface area (TPSA) is 72.8 Å². The lowest BCUT2D eigenvalue weighted by Gasteiger charge is -2.10. The number of carbonyl (C=O) groups excluding carboxylic acids is 2. The molecule has 2 rings (SSSR count). The number of aromatic hydroxyl groups is 1. The summed E-state index contributed by atoms with van der Waals surface area (Å²) in [4.78, 5) is 23.4. The van der Waals surface area contributed by atoms with E-state index in [4.69, 9.17) is 9.47 Å². The Labute approximate surface area is 217 Å². The number of hydrogen-bond acceptors (Lipinski definition) is 5. The number of unbranched alkanes of at least 4 members (excludes halogenated alkanes) is 13. The Morgan fingerprint density at radius 1 is 0.778 bits per heavy atom. The van der Waals surface area contributed by atoms with Gasteiger partial charge in [0.25, 0.3) is 0 Å². The molecule has 2 aromatic rings. The van der Waals surface area contributed by atoms with Gasteiger partial charge in [-0.25, -0.2) is 4.79 Å². The van der Waals surface area contributed by atoms with Crippen molar-refractivity contribution in [2.24, 2.45) is 0 Å². The molecule has 0 atom stereocenters. The number of aldehydes is 1. The summed E-state index contributed by atoms with van der Waals surface area (Å²) in [5, 5.41) is 9.73. The highest BCUT2D eigenvalue weighted by Crippen LogP contribution is 2.26. The molecule has 0 aliphatic rings. The summed E-state index contributed by atoms with van der Waals surface area (Å²) in [6.07, 6.45) is 18.8. The molecule has 0 saturated heterocycles. The Morgan fingerprint density at radius 3 is 1.89 bits per heavy atom. The lowest BCUT2D eigenvalue weighted by Crippen LogP contribution is -2.07. The number of carbonyl (C=O) groups is 2. The van der Waals surface area contributed by atoms with Crippen LogP contribution in [-0.2, 0) is 11.3 Å². The Balaban J connectivity index is 1.50. The maximum absolute atomic E-state index is 12.3. The van der Waals surface area contributed by atoms with Gasteiger partial charge in [0.15, 0.2) is 6.29 Å². The second-order valence-electron chi connectivity index (χ2n) is 9.52. The number of phenols is 1. The predicted molar refractivity (Wildman–Crippen MR) is 145 cm³/mol. The maximum Gasteiger partial charge on any atom is 0.338 e. The molecule has 0 bridgehead atoms. The molecule has 1 N–H and O–H groups in total. The van der Waals surface area contributed by atoms with Gasteiger partial charge in [0, 0.05) is 0 Å². The third kappa shape index (κ3) is 11.7. The van der Waals surface area contributed by atoms with Crippen molar-refractivity contribution in [3.05, 3.63) is 59.2 Å². The van der Waals surface area contributed by atoms with Crippen molar-refractivity contribution in [2.45, 2.75) is 103 Å². The van der Waals surface area contributed by atoms with E-state index in [0.29, 0.717) is 24.2 Å². The first-order chi connectivity index (χ1) is 17.7. The van der Waals surface area contributed by atoms with Crippen LogP contribution in [0.5, 0.6) is 11.5 Å². The minimum atomic E-state index is -0.312. The summed E-state index contributed by atoms with van der Waals surface area (Å²) in [6.45, 7) is 2.94. The highest BCUT2D eigenvalue weighted by molar-refractivity contribution is 5.89. The molecule has 0 radical (unpaired) electrons. The summed E-state index contributed by atoms with van der Waals surface area (Å²) in [7, 11) is 0.